The zero-order valence-electron chi connectivity index (χ0n) is 10.4. The summed E-state index contributed by atoms with van der Waals surface area (Å²) in [6.07, 6.45) is 0. The van der Waals surface area contributed by atoms with Crippen LogP contribution in [0.15, 0.2) is 6.07 Å². The standard InChI is InChI=1S/C11H13Cl2N3O3/c1-3-16(5-6(2)11(18)19)10(17)7-4-8(12)14-15-9(7)13/h4,6H,3,5H2,1-2H3,(H,18,19). The number of carboxylic acid groups (broad SMARTS) is 1. The van der Waals surface area contributed by atoms with Gasteiger partial charge in [0.15, 0.2) is 10.3 Å². The van der Waals surface area contributed by atoms with Gasteiger partial charge in [-0.2, -0.15) is 0 Å². The second kappa shape index (κ2) is 6.68. The second-order valence-electron chi connectivity index (χ2n) is 3.95. The Kier molecular flexibility index (Phi) is 5.50. The summed E-state index contributed by atoms with van der Waals surface area (Å²) in [5.74, 6) is -2.06. The Labute approximate surface area is 120 Å². The van der Waals surface area contributed by atoms with E-state index in [9.17, 15) is 9.59 Å². The lowest BCUT2D eigenvalue weighted by Gasteiger charge is -2.23. The lowest BCUT2D eigenvalue weighted by atomic mass is 10.1. The van der Waals surface area contributed by atoms with Crippen LogP contribution < -0.4 is 0 Å². The molecule has 0 saturated carbocycles. The third kappa shape index (κ3) is 4.04. The highest BCUT2D eigenvalue weighted by molar-refractivity contribution is 6.34. The van der Waals surface area contributed by atoms with Crippen LogP contribution in [0, 0.1) is 5.92 Å². The summed E-state index contributed by atoms with van der Waals surface area (Å²) in [5, 5.41) is 15.9. The van der Waals surface area contributed by atoms with Gasteiger partial charge in [-0.05, 0) is 13.0 Å². The van der Waals surface area contributed by atoms with Gasteiger partial charge in [-0.3, -0.25) is 9.59 Å². The van der Waals surface area contributed by atoms with Gasteiger partial charge in [0.25, 0.3) is 5.91 Å². The number of amides is 1. The van der Waals surface area contributed by atoms with Gasteiger partial charge in [-0.1, -0.05) is 30.1 Å². The van der Waals surface area contributed by atoms with Crippen molar-refractivity contribution >= 4 is 35.1 Å². The lowest BCUT2D eigenvalue weighted by Crippen LogP contribution is -2.37. The molecule has 0 aliphatic heterocycles. The van der Waals surface area contributed by atoms with E-state index in [1.807, 2.05) is 0 Å². The highest BCUT2D eigenvalue weighted by atomic mass is 35.5. The molecule has 104 valence electrons. The maximum atomic E-state index is 12.2. The first-order chi connectivity index (χ1) is 8.86. The molecular formula is C11H13Cl2N3O3. The third-order valence-corrected chi connectivity index (χ3v) is 3.00. The van der Waals surface area contributed by atoms with E-state index in [4.69, 9.17) is 28.3 Å². The van der Waals surface area contributed by atoms with Crippen LogP contribution in [-0.2, 0) is 4.79 Å². The van der Waals surface area contributed by atoms with E-state index >= 15 is 0 Å². The summed E-state index contributed by atoms with van der Waals surface area (Å²) in [5.41, 5.74) is 0.112. The highest BCUT2D eigenvalue weighted by Crippen LogP contribution is 2.18. The number of halogens is 2. The van der Waals surface area contributed by atoms with Crippen LogP contribution in [0.1, 0.15) is 24.2 Å². The van der Waals surface area contributed by atoms with Crippen LogP contribution in [0.4, 0.5) is 0 Å². The molecule has 1 N–H and O–H groups in total. The Balaban J connectivity index is 2.95. The molecule has 19 heavy (non-hydrogen) atoms. The summed E-state index contributed by atoms with van der Waals surface area (Å²) in [6, 6.07) is 1.31. The minimum Gasteiger partial charge on any atom is -0.481 e. The maximum absolute atomic E-state index is 12.2. The molecule has 6 nitrogen and oxygen atoms in total. The summed E-state index contributed by atoms with van der Waals surface area (Å²) < 4.78 is 0. The summed E-state index contributed by atoms with van der Waals surface area (Å²) in [4.78, 5) is 24.4. The van der Waals surface area contributed by atoms with Crippen molar-refractivity contribution in [1.29, 1.82) is 0 Å². The first-order valence-electron chi connectivity index (χ1n) is 5.57. The Hall–Kier alpha value is -1.40. The number of carbonyl (C=O) groups excluding carboxylic acids is 1. The third-order valence-electron chi connectivity index (χ3n) is 2.53. The van der Waals surface area contributed by atoms with E-state index in [0.717, 1.165) is 0 Å². The monoisotopic (exact) mass is 305 g/mol. The van der Waals surface area contributed by atoms with E-state index in [0.29, 0.717) is 6.54 Å². The average Bonchev–Trinajstić information content (AvgIpc) is 2.37. The van der Waals surface area contributed by atoms with E-state index in [1.165, 1.54) is 17.9 Å². The Morgan fingerprint density at radius 3 is 2.58 bits per heavy atom. The molecule has 1 amide bonds. The number of aromatic nitrogens is 2. The maximum Gasteiger partial charge on any atom is 0.308 e. The highest BCUT2D eigenvalue weighted by Gasteiger charge is 2.23. The summed E-state index contributed by atoms with van der Waals surface area (Å²) in [7, 11) is 0. The van der Waals surface area contributed by atoms with Crippen molar-refractivity contribution in [3.8, 4) is 0 Å². The van der Waals surface area contributed by atoms with E-state index in [-0.39, 0.29) is 22.4 Å². The largest absolute Gasteiger partial charge is 0.481 e. The molecule has 1 rings (SSSR count). The number of rotatable bonds is 5. The molecule has 0 aromatic carbocycles. The van der Waals surface area contributed by atoms with Gasteiger partial charge in [-0.25, -0.2) is 0 Å². The molecule has 1 aromatic heterocycles. The Morgan fingerprint density at radius 1 is 1.42 bits per heavy atom. The summed E-state index contributed by atoms with van der Waals surface area (Å²) >= 11 is 11.5. The molecule has 0 bridgehead atoms. The van der Waals surface area contributed by atoms with Crippen molar-refractivity contribution in [2.45, 2.75) is 13.8 Å². The number of nitrogens with zero attached hydrogens (tertiary/aromatic N) is 3. The average molecular weight is 306 g/mol. The molecule has 0 radical (unpaired) electrons. The van der Waals surface area contributed by atoms with Crippen molar-refractivity contribution in [2.75, 3.05) is 13.1 Å². The van der Waals surface area contributed by atoms with Crippen LogP contribution in [-0.4, -0.2) is 45.2 Å². The van der Waals surface area contributed by atoms with Gasteiger partial charge in [0, 0.05) is 13.1 Å². The predicted molar refractivity (Wildman–Crippen MR) is 70.4 cm³/mol. The van der Waals surface area contributed by atoms with Gasteiger partial charge in [0.05, 0.1) is 11.5 Å². The fourth-order valence-electron chi connectivity index (χ4n) is 1.44. The number of carboxylic acids is 1. The SMILES string of the molecule is CCN(CC(C)C(=O)O)C(=O)c1cc(Cl)nnc1Cl. The summed E-state index contributed by atoms with van der Waals surface area (Å²) in [6.45, 7) is 3.71. The van der Waals surface area contributed by atoms with Crippen molar-refractivity contribution < 1.29 is 14.7 Å². The van der Waals surface area contributed by atoms with Gasteiger partial charge in [0.1, 0.15) is 0 Å². The van der Waals surface area contributed by atoms with Crippen molar-refractivity contribution in [2.24, 2.45) is 5.92 Å². The Morgan fingerprint density at radius 2 is 2.05 bits per heavy atom. The van der Waals surface area contributed by atoms with Crippen LogP contribution in [0.3, 0.4) is 0 Å². The fourth-order valence-corrected chi connectivity index (χ4v) is 1.76. The zero-order chi connectivity index (χ0) is 14.6. The van der Waals surface area contributed by atoms with Crippen molar-refractivity contribution in [3.05, 3.63) is 21.9 Å². The van der Waals surface area contributed by atoms with Gasteiger partial charge >= 0.3 is 5.97 Å². The number of hydrogen-bond donors (Lipinski definition) is 1. The molecule has 8 heteroatoms. The first-order valence-corrected chi connectivity index (χ1v) is 6.33. The number of hydrogen-bond acceptors (Lipinski definition) is 4. The molecule has 1 heterocycles. The topological polar surface area (TPSA) is 83.4 Å². The first kappa shape index (κ1) is 15.7. The second-order valence-corrected chi connectivity index (χ2v) is 4.70. The lowest BCUT2D eigenvalue weighted by molar-refractivity contribution is -0.141. The minimum atomic E-state index is -0.969. The zero-order valence-corrected chi connectivity index (χ0v) is 11.9. The smallest absolute Gasteiger partial charge is 0.308 e. The van der Waals surface area contributed by atoms with E-state index in [2.05, 4.69) is 10.2 Å². The molecule has 0 fully saturated rings. The predicted octanol–water partition coefficient (Wildman–Crippen LogP) is 1.97. The van der Waals surface area contributed by atoms with Crippen LogP contribution in [0.5, 0.6) is 0 Å². The Bertz CT molecular complexity index is 496. The van der Waals surface area contributed by atoms with E-state index in [1.54, 1.807) is 6.92 Å². The van der Waals surface area contributed by atoms with E-state index < -0.39 is 17.8 Å². The number of carbonyl (C=O) groups is 2. The fraction of sp³-hybridized carbons (Fsp3) is 0.455. The molecule has 1 aromatic rings. The normalized spacial score (nSPS) is 12.0. The molecule has 0 spiro atoms. The minimum absolute atomic E-state index is 0.0510. The van der Waals surface area contributed by atoms with Crippen LogP contribution in [0.2, 0.25) is 10.3 Å². The van der Waals surface area contributed by atoms with Gasteiger partial charge in [-0.15, -0.1) is 10.2 Å². The van der Waals surface area contributed by atoms with Gasteiger partial charge in [0.2, 0.25) is 0 Å². The van der Waals surface area contributed by atoms with Crippen LogP contribution >= 0.6 is 23.2 Å². The molecule has 1 unspecified atom stereocenters. The van der Waals surface area contributed by atoms with Crippen molar-refractivity contribution in [1.82, 2.24) is 15.1 Å². The molecular weight excluding hydrogens is 293 g/mol. The number of aliphatic carboxylic acids is 1. The molecule has 0 aliphatic rings. The van der Waals surface area contributed by atoms with Crippen molar-refractivity contribution in [3.63, 3.8) is 0 Å². The van der Waals surface area contributed by atoms with Gasteiger partial charge < -0.3 is 10.0 Å². The quantitative estimate of drug-likeness (QED) is 0.899. The molecule has 1 atom stereocenters. The molecule has 0 aliphatic carbocycles. The molecule has 0 saturated heterocycles. The van der Waals surface area contributed by atoms with Crippen LogP contribution in [0.25, 0.3) is 0 Å².